The van der Waals surface area contributed by atoms with Crippen LogP contribution in [0.4, 0.5) is 18.9 Å². The first-order chi connectivity index (χ1) is 13.7. The van der Waals surface area contributed by atoms with Crippen molar-refractivity contribution in [3.8, 4) is 0 Å². The van der Waals surface area contributed by atoms with Crippen molar-refractivity contribution in [3.05, 3.63) is 58.4 Å². The minimum atomic E-state index is -4.43. The van der Waals surface area contributed by atoms with Crippen molar-refractivity contribution in [3.63, 3.8) is 0 Å². The van der Waals surface area contributed by atoms with Crippen LogP contribution in [0.15, 0.2) is 36.4 Å². The number of hydrogen-bond acceptors (Lipinski definition) is 3. The SMILES string of the molecule is Cc1cccc(CN2CCCN(C(=S)Nc3cc(C(F)(F)F)ccc3Cl)CC2)n1. The number of alkyl halides is 3. The summed E-state index contributed by atoms with van der Waals surface area (Å²) in [6.07, 6.45) is -3.54. The zero-order chi connectivity index (χ0) is 21.0. The highest BCUT2D eigenvalue weighted by Gasteiger charge is 2.31. The lowest BCUT2D eigenvalue weighted by molar-refractivity contribution is -0.137. The molecule has 0 spiro atoms. The lowest BCUT2D eigenvalue weighted by Crippen LogP contribution is -2.38. The molecule has 29 heavy (non-hydrogen) atoms. The highest BCUT2D eigenvalue weighted by atomic mass is 35.5. The van der Waals surface area contributed by atoms with Crippen LogP contribution in [0.3, 0.4) is 0 Å². The third-order valence-corrected chi connectivity index (χ3v) is 5.43. The van der Waals surface area contributed by atoms with Gasteiger partial charge in [-0.3, -0.25) is 9.88 Å². The maximum Gasteiger partial charge on any atom is 0.416 e. The minimum absolute atomic E-state index is 0.163. The summed E-state index contributed by atoms with van der Waals surface area (Å²) in [7, 11) is 0. The molecule has 0 bridgehead atoms. The maximum atomic E-state index is 13.0. The Morgan fingerprint density at radius 2 is 1.97 bits per heavy atom. The maximum absolute atomic E-state index is 13.0. The predicted octanol–water partition coefficient (Wildman–Crippen LogP) is 4.97. The Hall–Kier alpha value is -1.90. The zero-order valence-corrected chi connectivity index (χ0v) is 17.5. The van der Waals surface area contributed by atoms with Crippen LogP contribution in [0.1, 0.15) is 23.4 Å². The first kappa shape index (κ1) is 21.8. The summed E-state index contributed by atoms with van der Waals surface area (Å²) in [6.45, 7) is 5.81. The third kappa shape index (κ3) is 6.04. The number of hydrogen-bond donors (Lipinski definition) is 1. The summed E-state index contributed by atoms with van der Waals surface area (Å²) in [6, 6.07) is 9.16. The molecule has 3 rings (SSSR count). The largest absolute Gasteiger partial charge is 0.416 e. The Kier molecular flexibility index (Phi) is 6.97. The minimum Gasteiger partial charge on any atom is -0.348 e. The topological polar surface area (TPSA) is 31.4 Å². The summed E-state index contributed by atoms with van der Waals surface area (Å²) in [5.41, 5.74) is 1.41. The van der Waals surface area contributed by atoms with Crippen LogP contribution in [0.2, 0.25) is 5.02 Å². The van der Waals surface area contributed by atoms with E-state index in [1.54, 1.807) is 0 Å². The second-order valence-electron chi connectivity index (χ2n) is 7.01. The van der Waals surface area contributed by atoms with Crippen LogP contribution in [0.25, 0.3) is 0 Å². The van der Waals surface area contributed by atoms with Gasteiger partial charge in [0.05, 0.1) is 22.0 Å². The summed E-state index contributed by atoms with van der Waals surface area (Å²) in [5, 5.41) is 3.46. The molecule has 9 heteroatoms. The van der Waals surface area contributed by atoms with Gasteiger partial charge in [-0.2, -0.15) is 13.2 Å². The fourth-order valence-corrected chi connectivity index (χ4v) is 3.70. The van der Waals surface area contributed by atoms with Crippen molar-refractivity contribution in [1.82, 2.24) is 14.8 Å². The fraction of sp³-hybridized carbons (Fsp3) is 0.400. The number of aryl methyl sites for hydroxylation is 1. The monoisotopic (exact) mass is 442 g/mol. The number of nitrogens with one attached hydrogen (secondary N) is 1. The van der Waals surface area contributed by atoms with Crippen molar-refractivity contribution >= 4 is 34.6 Å². The molecule has 1 aromatic heterocycles. The predicted molar refractivity (Wildman–Crippen MR) is 113 cm³/mol. The second-order valence-corrected chi connectivity index (χ2v) is 7.80. The molecule has 0 radical (unpaired) electrons. The number of rotatable bonds is 3. The van der Waals surface area contributed by atoms with E-state index < -0.39 is 11.7 Å². The van der Waals surface area contributed by atoms with Gasteiger partial charge in [0.25, 0.3) is 0 Å². The first-order valence-electron chi connectivity index (χ1n) is 9.30. The molecule has 2 heterocycles. The Labute approximate surface area is 178 Å². The van der Waals surface area contributed by atoms with Gasteiger partial charge < -0.3 is 10.2 Å². The van der Waals surface area contributed by atoms with Gasteiger partial charge in [0.2, 0.25) is 0 Å². The molecular formula is C20H22ClF3N4S. The number of anilines is 1. The number of thiocarbonyl (C=S) groups is 1. The van der Waals surface area contributed by atoms with Gasteiger partial charge in [-0.15, -0.1) is 0 Å². The average molecular weight is 443 g/mol. The lowest BCUT2D eigenvalue weighted by Gasteiger charge is -2.25. The molecular weight excluding hydrogens is 421 g/mol. The Morgan fingerprint density at radius 1 is 1.17 bits per heavy atom. The molecule has 1 saturated heterocycles. The molecule has 0 saturated carbocycles. The van der Waals surface area contributed by atoms with E-state index in [0.29, 0.717) is 11.7 Å². The third-order valence-electron chi connectivity index (χ3n) is 4.74. The van der Waals surface area contributed by atoms with Gasteiger partial charge in [0.1, 0.15) is 0 Å². The van der Waals surface area contributed by atoms with Gasteiger partial charge in [-0.05, 0) is 55.9 Å². The van der Waals surface area contributed by atoms with Crippen molar-refractivity contribution in [1.29, 1.82) is 0 Å². The number of nitrogens with zero attached hydrogens (tertiary/aromatic N) is 3. The van der Waals surface area contributed by atoms with E-state index in [-0.39, 0.29) is 10.7 Å². The second kappa shape index (κ2) is 9.28. The lowest BCUT2D eigenvalue weighted by atomic mass is 10.2. The number of benzene rings is 1. The van der Waals surface area contributed by atoms with Crippen molar-refractivity contribution in [2.45, 2.75) is 26.1 Å². The standard InChI is InChI=1S/C20H22ClF3N4S/c1-14-4-2-5-16(25-14)13-27-8-3-9-28(11-10-27)19(29)26-18-12-15(20(22,23)24)6-7-17(18)21/h2,4-7,12H,3,8-11,13H2,1H3,(H,26,29). The normalized spacial score (nSPS) is 15.8. The van der Waals surface area contributed by atoms with Crippen LogP contribution in [-0.2, 0) is 12.7 Å². The molecule has 1 aliphatic heterocycles. The summed E-state index contributed by atoms with van der Waals surface area (Å²) in [5.74, 6) is 0. The molecule has 0 aliphatic carbocycles. The van der Waals surface area contributed by atoms with E-state index in [0.717, 1.165) is 56.1 Å². The van der Waals surface area contributed by atoms with Crippen LogP contribution in [-0.4, -0.2) is 46.1 Å². The molecule has 1 N–H and O–H groups in total. The Balaban J connectivity index is 1.61. The Bertz CT molecular complexity index is 875. The summed E-state index contributed by atoms with van der Waals surface area (Å²) in [4.78, 5) is 8.82. The molecule has 2 aromatic rings. The van der Waals surface area contributed by atoms with Gasteiger partial charge in [-0.1, -0.05) is 17.7 Å². The molecule has 1 aromatic carbocycles. The first-order valence-corrected chi connectivity index (χ1v) is 10.1. The fourth-order valence-electron chi connectivity index (χ4n) is 3.24. The molecule has 0 amide bonds. The summed E-state index contributed by atoms with van der Waals surface area (Å²) < 4.78 is 38.9. The highest BCUT2D eigenvalue weighted by Crippen LogP contribution is 2.34. The zero-order valence-electron chi connectivity index (χ0n) is 16.0. The van der Waals surface area contributed by atoms with E-state index in [4.69, 9.17) is 23.8 Å². The van der Waals surface area contributed by atoms with Gasteiger partial charge in [0.15, 0.2) is 5.11 Å². The van der Waals surface area contributed by atoms with Crippen LogP contribution in [0.5, 0.6) is 0 Å². The van der Waals surface area contributed by atoms with Gasteiger partial charge in [0, 0.05) is 38.4 Å². The Morgan fingerprint density at radius 3 is 2.69 bits per heavy atom. The quantitative estimate of drug-likeness (QED) is 0.678. The van der Waals surface area contributed by atoms with Crippen molar-refractivity contribution in [2.75, 3.05) is 31.5 Å². The molecule has 0 unspecified atom stereocenters. The molecule has 0 atom stereocenters. The van der Waals surface area contributed by atoms with E-state index in [2.05, 4.69) is 15.2 Å². The van der Waals surface area contributed by atoms with Crippen LogP contribution in [0, 0.1) is 6.92 Å². The van der Waals surface area contributed by atoms with Crippen molar-refractivity contribution in [2.24, 2.45) is 0 Å². The van der Waals surface area contributed by atoms with Crippen molar-refractivity contribution < 1.29 is 13.2 Å². The summed E-state index contributed by atoms with van der Waals surface area (Å²) >= 11 is 11.5. The van der Waals surface area contributed by atoms with E-state index in [9.17, 15) is 13.2 Å². The van der Waals surface area contributed by atoms with E-state index in [1.165, 1.54) is 6.07 Å². The van der Waals surface area contributed by atoms with Gasteiger partial charge >= 0.3 is 6.18 Å². The molecule has 4 nitrogen and oxygen atoms in total. The number of halogens is 4. The van der Waals surface area contributed by atoms with Gasteiger partial charge in [-0.25, -0.2) is 0 Å². The molecule has 1 aliphatic rings. The van der Waals surface area contributed by atoms with E-state index in [1.807, 2.05) is 30.0 Å². The highest BCUT2D eigenvalue weighted by molar-refractivity contribution is 7.80. The smallest absolute Gasteiger partial charge is 0.348 e. The molecule has 156 valence electrons. The van der Waals surface area contributed by atoms with Crippen LogP contribution >= 0.6 is 23.8 Å². The van der Waals surface area contributed by atoms with E-state index >= 15 is 0 Å². The molecule has 1 fully saturated rings. The average Bonchev–Trinajstić information content (AvgIpc) is 2.88. The number of aromatic nitrogens is 1. The van der Waals surface area contributed by atoms with Crippen LogP contribution < -0.4 is 5.32 Å². The number of pyridine rings is 1.